The third-order valence-electron chi connectivity index (χ3n) is 1.14. The lowest BCUT2D eigenvalue weighted by atomic mass is 10.7. The van der Waals surface area contributed by atoms with Crippen LogP contribution >= 0.6 is 15.9 Å². The van der Waals surface area contributed by atoms with Crippen molar-refractivity contribution in [1.82, 2.24) is 9.78 Å². The number of nitrogens with zero attached hydrogens (tertiary/aromatic N) is 2. The Morgan fingerprint density at radius 2 is 2.27 bits per heavy atom. The Labute approximate surface area is 72.4 Å². The van der Waals surface area contributed by atoms with Crippen LogP contribution in [0.15, 0.2) is 15.7 Å². The van der Waals surface area contributed by atoms with E-state index in [9.17, 15) is 8.42 Å². The van der Waals surface area contributed by atoms with Gasteiger partial charge in [-0.15, -0.1) is 0 Å². The standard InChI is InChI=1S/C4H6BrN3O2S/c1-8-4(5)3(2-7-8)11(6,9)10/h2H,1H3,(H2,6,9,10). The molecule has 0 aliphatic heterocycles. The van der Waals surface area contributed by atoms with E-state index in [0.29, 0.717) is 4.60 Å². The predicted molar refractivity (Wildman–Crippen MR) is 42.3 cm³/mol. The van der Waals surface area contributed by atoms with Crippen LogP contribution in [0.4, 0.5) is 0 Å². The van der Waals surface area contributed by atoms with Crippen LogP contribution in [0.1, 0.15) is 0 Å². The van der Waals surface area contributed by atoms with Gasteiger partial charge in [0.2, 0.25) is 10.0 Å². The minimum atomic E-state index is -3.64. The number of nitrogens with two attached hydrogens (primary N) is 1. The zero-order valence-electron chi connectivity index (χ0n) is 5.65. The highest BCUT2D eigenvalue weighted by molar-refractivity contribution is 9.10. The summed E-state index contributed by atoms with van der Waals surface area (Å²) in [5.74, 6) is 0. The van der Waals surface area contributed by atoms with Crippen molar-refractivity contribution in [2.24, 2.45) is 12.2 Å². The molecule has 0 aliphatic rings. The molecule has 0 saturated carbocycles. The number of halogens is 1. The second kappa shape index (κ2) is 2.58. The topological polar surface area (TPSA) is 78.0 Å². The van der Waals surface area contributed by atoms with Gasteiger partial charge in [-0.25, -0.2) is 13.6 Å². The summed E-state index contributed by atoms with van der Waals surface area (Å²) in [4.78, 5) is 0. The van der Waals surface area contributed by atoms with E-state index < -0.39 is 10.0 Å². The average Bonchev–Trinajstić information content (AvgIpc) is 2.11. The maximum Gasteiger partial charge on any atom is 0.242 e. The van der Waals surface area contributed by atoms with Gasteiger partial charge < -0.3 is 0 Å². The summed E-state index contributed by atoms with van der Waals surface area (Å²) in [7, 11) is -2.03. The van der Waals surface area contributed by atoms with Crippen molar-refractivity contribution in [3.05, 3.63) is 10.8 Å². The molecule has 1 aromatic rings. The van der Waals surface area contributed by atoms with E-state index in [1.807, 2.05) is 0 Å². The lowest BCUT2D eigenvalue weighted by Crippen LogP contribution is -2.12. The highest BCUT2D eigenvalue weighted by Crippen LogP contribution is 2.18. The van der Waals surface area contributed by atoms with E-state index in [-0.39, 0.29) is 4.90 Å². The number of aryl methyl sites for hydroxylation is 1. The largest absolute Gasteiger partial charge is 0.260 e. The van der Waals surface area contributed by atoms with Gasteiger partial charge in [0.1, 0.15) is 9.50 Å². The molecule has 0 atom stereocenters. The minimum absolute atomic E-state index is 0. The second-order valence-corrected chi connectivity index (χ2v) is 4.25. The maximum atomic E-state index is 10.8. The van der Waals surface area contributed by atoms with Gasteiger partial charge in [0.25, 0.3) is 0 Å². The Bertz CT molecular complexity index is 369. The highest BCUT2D eigenvalue weighted by Gasteiger charge is 2.15. The number of rotatable bonds is 1. The van der Waals surface area contributed by atoms with Crippen LogP contribution in [0.5, 0.6) is 0 Å². The summed E-state index contributed by atoms with van der Waals surface area (Å²) in [6.45, 7) is 0. The molecule has 0 unspecified atom stereocenters. The van der Waals surface area contributed by atoms with Gasteiger partial charge in [0, 0.05) is 7.05 Å². The summed E-state index contributed by atoms with van der Waals surface area (Å²) in [5, 5.41) is 8.55. The lowest BCUT2D eigenvalue weighted by molar-refractivity contribution is 0.597. The molecule has 1 heterocycles. The van der Waals surface area contributed by atoms with Crippen LogP contribution in [0, 0.1) is 0 Å². The van der Waals surface area contributed by atoms with Crippen molar-refractivity contribution in [2.75, 3.05) is 0 Å². The molecule has 0 spiro atoms. The zero-order valence-corrected chi connectivity index (χ0v) is 8.05. The van der Waals surface area contributed by atoms with E-state index in [1.54, 1.807) is 7.05 Å². The Morgan fingerprint density at radius 3 is 2.45 bits per heavy atom. The van der Waals surface area contributed by atoms with Crippen molar-refractivity contribution in [1.29, 1.82) is 0 Å². The Hall–Kier alpha value is -0.400. The fourth-order valence-corrected chi connectivity index (χ4v) is 2.03. The van der Waals surface area contributed by atoms with E-state index >= 15 is 0 Å². The summed E-state index contributed by atoms with van der Waals surface area (Å²) < 4.78 is 23.3. The molecular weight excluding hydrogens is 234 g/mol. The normalized spacial score (nSPS) is 11.9. The van der Waals surface area contributed by atoms with Crippen LogP contribution in [-0.4, -0.2) is 18.2 Å². The van der Waals surface area contributed by atoms with E-state index in [1.165, 1.54) is 10.9 Å². The average molecular weight is 240 g/mol. The third kappa shape index (κ3) is 1.60. The molecule has 11 heavy (non-hydrogen) atoms. The summed E-state index contributed by atoms with van der Waals surface area (Å²) in [6, 6.07) is 0. The first kappa shape index (κ1) is 8.69. The van der Waals surface area contributed by atoms with Crippen molar-refractivity contribution in [3.63, 3.8) is 0 Å². The monoisotopic (exact) mass is 239 g/mol. The number of hydrogen-bond acceptors (Lipinski definition) is 3. The fraction of sp³-hybridized carbons (Fsp3) is 0.250. The first-order chi connectivity index (χ1) is 4.93. The Kier molecular flexibility index (Phi) is 2.04. The van der Waals surface area contributed by atoms with Gasteiger partial charge in [-0.3, -0.25) is 4.68 Å². The molecule has 1 rings (SSSR count). The maximum absolute atomic E-state index is 10.8. The fourth-order valence-electron chi connectivity index (χ4n) is 0.593. The molecule has 5 nitrogen and oxygen atoms in total. The summed E-state index contributed by atoms with van der Waals surface area (Å²) >= 11 is 3.03. The smallest absolute Gasteiger partial charge is 0.242 e. The van der Waals surface area contributed by atoms with Crippen molar-refractivity contribution >= 4 is 26.0 Å². The van der Waals surface area contributed by atoms with Crippen LogP contribution in [-0.2, 0) is 17.1 Å². The van der Waals surface area contributed by atoms with Crippen molar-refractivity contribution < 1.29 is 8.42 Å². The van der Waals surface area contributed by atoms with Gasteiger partial charge >= 0.3 is 0 Å². The summed E-state index contributed by atoms with van der Waals surface area (Å²) in [5.41, 5.74) is 0. The number of hydrogen-bond donors (Lipinski definition) is 1. The van der Waals surface area contributed by atoms with E-state index in [2.05, 4.69) is 21.0 Å². The lowest BCUT2D eigenvalue weighted by Gasteiger charge is -1.93. The van der Waals surface area contributed by atoms with Crippen LogP contribution < -0.4 is 5.14 Å². The third-order valence-corrected chi connectivity index (χ3v) is 3.26. The van der Waals surface area contributed by atoms with Crippen LogP contribution in [0.3, 0.4) is 0 Å². The molecule has 0 bridgehead atoms. The quantitative estimate of drug-likeness (QED) is 0.740. The SMILES string of the molecule is Cn1ncc(S(N)(=O)=O)c1Br. The van der Waals surface area contributed by atoms with Gasteiger partial charge in [-0.2, -0.15) is 5.10 Å². The van der Waals surface area contributed by atoms with Gasteiger partial charge in [0.05, 0.1) is 6.20 Å². The van der Waals surface area contributed by atoms with Crippen molar-refractivity contribution in [3.8, 4) is 0 Å². The molecule has 1 aromatic heterocycles. The van der Waals surface area contributed by atoms with Crippen LogP contribution in [0.2, 0.25) is 0 Å². The number of aromatic nitrogens is 2. The molecule has 0 saturated heterocycles. The van der Waals surface area contributed by atoms with E-state index in [4.69, 9.17) is 5.14 Å². The zero-order chi connectivity index (χ0) is 8.65. The number of primary sulfonamides is 1. The Balaban J connectivity index is 3.38. The predicted octanol–water partition coefficient (Wildman–Crippen LogP) is -0.170. The molecular formula is C4H6BrN3O2S. The summed E-state index contributed by atoms with van der Waals surface area (Å²) in [6.07, 6.45) is 1.19. The first-order valence-corrected chi connectivity index (χ1v) is 4.97. The first-order valence-electron chi connectivity index (χ1n) is 2.63. The number of sulfonamides is 1. The van der Waals surface area contributed by atoms with Gasteiger partial charge in [-0.05, 0) is 15.9 Å². The molecule has 0 radical (unpaired) electrons. The van der Waals surface area contributed by atoms with Crippen LogP contribution in [0.25, 0.3) is 0 Å². The molecule has 7 heteroatoms. The molecule has 2 N–H and O–H groups in total. The minimum Gasteiger partial charge on any atom is -0.260 e. The highest BCUT2D eigenvalue weighted by atomic mass is 79.9. The van der Waals surface area contributed by atoms with E-state index in [0.717, 1.165) is 0 Å². The van der Waals surface area contributed by atoms with Crippen molar-refractivity contribution in [2.45, 2.75) is 4.90 Å². The Morgan fingerprint density at radius 1 is 1.73 bits per heavy atom. The second-order valence-electron chi connectivity index (χ2n) is 1.97. The van der Waals surface area contributed by atoms with Gasteiger partial charge in [0.15, 0.2) is 0 Å². The van der Waals surface area contributed by atoms with Gasteiger partial charge in [-0.1, -0.05) is 0 Å². The molecule has 0 amide bonds. The molecule has 0 aromatic carbocycles. The molecule has 0 aliphatic carbocycles. The molecule has 62 valence electrons. The molecule has 0 fully saturated rings.